The molecule has 0 aliphatic rings. The van der Waals surface area contributed by atoms with Gasteiger partial charge in [-0.15, -0.1) is 0 Å². The average molecular weight is 609 g/mol. The first-order valence-electron chi connectivity index (χ1n) is 15.3. The molecule has 0 saturated heterocycles. The Hall–Kier alpha value is -2.42. The maximum absolute atomic E-state index is 12.5. The molecule has 12 heteroatoms. The highest BCUT2D eigenvalue weighted by atomic mass is 16.6. The van der Waals surface area contributed by atoms with Crippen molar-refractivity contribution in [2.45, 2.75) is 39.3 Å². The second-order valence-electron chi connectivity index (χ2n) is 9.85. The van der Waals surface area contributed by atoms with Crippen LogP contribution in [0.25, 0.3) is 10.9 Å². The Balaban J connectivity index is 1.42. The molecule has 2 N–H and O–H groups in total. The molecule has 2 rings (SSSR count). The van der Waals surface area contributed by atoms with Crippen molar-refractivity contribution in [1.82, 2.24) is 20.3 Å². The van der Waals surface area contributed by atoms with Crippen molar-refractivity contribution in [3.05, 3.63) is 36.0 Å². The molecule has 43 heavy (non-hydrogen) atoms. The summed E-state index contributed by atoms with van der Waals surface area (Å²) < 4.78 is 34.6. The van der Waals surface area contributed by atoms with Crippen molar-refractivity contribution in [1.29, 1.82) is 0 Å². The standard InChI is InChI=1S/C31H52N4O8/c1-4-38-14-15-40-18-19-42-22-23-43-21-20-41-17-16-39-13-7-9-29(36)25-33-31(37)11-12-35-28(26-34(3)32-2)24-27-8-5-6-10-30(27)35/h5-6,8,10,24,32H,4,7,9,11-23,25-26H2,1-3H3,(H,33,37). The van der Waals surface area contributed by atoms with Crippen LogP contribution in [0.15, 0.2) is 30.3 Å². The highest BCUT2D eigenvalue weighted by Gasteiger charge is 2.12. The van der Waals surface area contributed by atoms with Crippen molar-refractivity contribution < 1.29 is 38.0 Å². The molecule has 0 aliphatic carbocycles. The SMILES string of the molecule is CCOCCOCCOCCOCCOCCOCCCC(=O)CNC(=O)CCn1c(CN(C)NC)cc2ccccc21. The first-order chi connectivity index (χ1) is 21.0. The average Bonchev–Trinajstić information content (AvgIpc) is 3.36. The molecule has 0 aliphatic heterocycles. The Bertz CT molecular complexity index is 1020. The Morgan fingerprint density at radius 2 is 1.35 bits per heavy atom. The summed E-state index contributed by atoms with van der Waals surface area (Å²) >= 11 is 0. The summed E-state index contributed by atoms with van der Waals surface area (Å²) in [5, 5.41) is 5.89. The van der Waals surface area contributed by atoms with Gasteiger partial charge in [-0.3, -0.25) is 15.0 Å². The minimum Gasteiger partial charge on any atom is -0.379 e. The molecule has 1 aromatic carbocycles. The van der Waals surface area contributed by atoms with E-state index >= 15 is 0 Å². The number of aromatic nitrogens is 1. The van der Waals surface area contributed by atoms with E-state index in [4.69, 9.17) is 28.4 Å². The summed E-state index contributed by atoms with van der Waals surface area (Å²) in [4.78, 5) is 24.7. The predicted molar refractivity (Wildman–Crippen MR) is 165 cm³/mol. The number of hydrogen-bond acceptors (Lipinski definition) is 10. The van der Waals surface area contributed by atoms with Gasteiger partial charge in [0.2, 0.25) is 5.91 Å². The number of ether oxygens (including phenoxy) is 6. The molecule has 244 valence electrons. The number of rotatable bonds is 28. The zero-order chi connectivity index (χ0) is 31.0. The summed E-state index contributed by atoms with van der Waals surface area (Å²) in [6.45, 7) is 9.60. The number of ketones is 1. The van der Waals surface area contributed by atoms with Gasteiger partial charge >= 0.3 is 0 Å². The van der Waals surface area contributed by atoms with Crippen LogP contribution in [0.3, 0.4) is 0 Å². The van der Waals surface area contributed by atoms with E-state index in [9.17, 15) is 9.59 Å². The van der Waals surface area contributed by atoms with Gasteiger partial charge in [-0.05, 0) is 37.9 Å². The monoisotopic (exact) mass is 608 g/mol. The van der Waals surface area contributed by atoms with E-state index < -0.39 is 0 Å². The number of para-hydroxylation sites is 1. The zero-order valence-corrected chi connectivity index (χ0v) is 26.3. The first-order valence-corrected chi connectivity index (χ1v) is 15.3. The number of hydrogen-bond donors (Lipinski definition) is 2. The van der Waals surface area contributed by atoms with Gasteiger partial charge < -0.3 is 38.3 Å². The van der Waals surface area contributed by atoms with Crippen LogP contribution >= 0.6 is 0 Å². The number of aryl methyl sites for hydroxylation is 1. The summed E-state index contributed by atoms with van der Waals surface area (Å²) in [6.07, 6.45) is 1.27. The molecule has 0 radical (unpaired) electrons. The third-order valence-electron chi connectivity index (χ3n) is 6.53. The highest BCUT2D eigenvalue weighted by molar-refractivity contribution is 5.86. The van der Waals surface area contributed by atoms with Crippen LogP contribution in [-0.4, -0.2) is 121 Å². The van der Waals surface area contributed by atoms with Crippen LogP contribution in [0.4, 0.5) is 0 Å². The molecule has 0 fully saturated rings. The Kier molecular flexibility index (Phi) is 20.5. The van der Waals surface area contributed by atoms with E-state index in [2.05, 4.69) is 33.5 Å². The van der Waals surface area contributed by atoms with Crippen LogP contribution in [0.5, 0.6) is 0 Å². The van der Waals surface area contributed by atoms with Gasteiger partial charge in [0, 0.05) is 50.9 Å². The normalized spacial score (nSPS) is 11.5. The Labute approximate surface area is 256 Å². The second kappa shape index (κ2) is 24.0. The van der Waals surface area contributed by atoms with E-state index in [1.165, 1.54) is 0 Å². The van der Waals surface area contributed by atoms with Crippen molar-refractivity contribution in [3.63, 3.8) is 0 Å². The van der Waals surface area contributed by atoms with Gasteiger partial charge in [-0.2, -0.15) is 0 Å². The van der Waals surface area contributed by atoms with Gasteiger partial charge in [0.1, 0.15) is 0 Å². The number of hydrazine groups is 1. The summed E-state index contributed by atoms with van der Waals surface area (Å²) in [7, 11) is 3.85. The molecule has 0 bridgehead atoms. The van der Waals surface area contributed by atoms with E-state index in [0.717, 1.165) is 16.6 Å². The molecule has 0 atom stereocenters. The van der Waals surface area contributed by atoms with E-state index in [0.29, 0.717) is 112 Å². The minimum absolute atomic E-state index is 0.00817. The van der Waals surface area contributed by atoms with Crippen molar-refractivity contribution in [2.24, 2.45) is 0 Å². The Morgan fingerprint density at radius 3 is 1.93 bits per heavy atom. The lowest BCUT2D eigenvalue weighted by atomic mass is 10.2. The van der Waals surface area contributed by atoms with Crippen molar-refractivity contribution >= 4 is 22.6 Å². The van der Waals surface area contributed by atoms with Crippen LogP contribution < -0.4 is 10.7 Å². The van der Waals surface area contributed by atoms with Gasteiger partial charge in [0.05, 0.1) is 79.2 Å². The minimum atomic E-state index is -0.136. The van der Waals surface area contributed by atoms with Crippen LogP contribution in [0.1, 0.15) is 31.9 Å². The highest BCUT2D eigenvalue weighted by Crippen LogP contribution is 2.21. The molecule has 1 aromatic heterocycles. The largest absolute Gasteiger partial charge is 0.379 e. The number of fused-ring (bicyclic) bond motifs is 1. The van der Waals surface area contributed by atoms with Crippen LogP contribution in [0.2, 0.25) is 0 Å². The molecule has 0 unspecified atom stereocenters. The van der Waals surface area contributed by atoms with Crippen molar-refractivity contribution in [3.8, 4) is 0 Å². The molecule has 12 nitrogen and oxygen atoms in total. The van der Waals surface area contributed by atoms with Gasteiger partial charge in [0.15, 0.2) is 5.78 Å². The predicted octanol–water partition coefficient (Wildman–Crippen LogP) is 2.18. The number of carbonyl (C=O) groups is 2. The van der Waals surface area contributed by atoms with Gasteiger partial charge in [0.25, 0.3) is 0 Å². The van der Waals surface area contributed by atoms with Crippen molar-refractivity contribution in [2.75, 3.05) is 99.9 Å². The maximum atomic E-state index is 12.5. The number of benzene rings is 1. The van der Waals surface area contributed by atoms with Crippen LogP contribution in [0, 0.1) is 0 Å². The van der Waals surface area contributed by atoms with E-state index in [1.807, 2.05) is 38.2 Å². The summed E-state index contributed by atoms with van der Waals surface area (Å²) in [5.74, 6) is -0.145. The summed E-state index contributed by atoms with van der Waals surface area (Å²) in [5.41, 5.74) is 5.32. The fourth-order valence-electron chi connectivity index (χ4n) is 4.19. The quantitative estimate of drug-likeness (QED) is 0.110. The second-order valence-corrected chi connectivity index (χ2v) is 9.85. The molecule has 2 aromatic rings. The molecular formula is C31H52N4O8. The maximum Gasteiger partial charge on any atom is 0.222 e. The molecule has 1 heterocycles. The van der Waals surface area contributed by atoms with E-state index in [1.54, 1.807) is 0 Å². The van der Waals surface area contributed by atoms with Crippen LogP contribution in [-0.2, 0) is 51.1 Å². The third kappa shape index (κ3) is 16.9. The molecule has 1 amide bonds. The fourth-order valence-corrected chi connectivity index (χ4v) is 4.19. The van der Waals surface area contributed by atoms with Gasteiger partial charge in [-0.1, -0.05) is 18.2 Å². The molecule has 0 saturated carbocycles. The lowest BCUT2D eigenvalue weighted by Crippen LogP contribution is -2.32. The number of Topliss-reactive ketones (excluding diaryl/α,β-unsaturated/α-hetero) is 1. The zero-order valence-electron chi connectivity index (χ0n) is 26.3. The third-order valence-corrected chi connectivity index (χ3v) is 6.53. The fraction of sp³-hybridized carbons (Fsp3) is 0.677. The first kappa shape index (κ1) is 36.8. The number of amides is 1. The Morgan fingerprint density at radius 1 is 0.791 bits per heavy atom. The molecule has 0 spiro atoms. The molecular weight excluding hydrogens is 556 g/mol. The number of nitrogens with zero attached hydrogens (tertiary/aromatic N) is 2. The number of carbonyl (C=O) groups excluding carboxylic acids is 2. The summed E-state index contributed by atoms with van der Waals surface area (Å²) in [6, 6.07) is 10.3. The van der Waals surface area contributed by atoms with Gasteiger partial charge in [-0.25, -0.2) is 5.01 Å². The lowest BCUT2D eigenvalue weighted by Gasteiger charge is -2.17. The smallest absolute Gasteiger partial charge is 0.222 e. The van der Waals surface area contributed by atoms with E-state index in [-0.39, 0.29) is 18.2 Å². The topological polar surface area (TPSA) is 122 Å². The number of nitrogens with one attached hydrogen (secondary N) is 2. The lowest BCUT2D eigenvalue weighted by molar-refractivity contribution is -0.125.